The Labute approximate surface area is 212 Å². The second kappa shape index (κ2) is 10.8. The van der Waals surface area contributed by atoms with E-state index in [2.05, 4.69) is 78.1 Å². The molecular formula is C30H33NO3S. The van der Waals surface area contributed by atoms with E-state index in [4.69, 9.17) is 0 Å². The van der Waals surface area contributed by atoms with E-state index in [1.807, 2.05) is 25.1 Å². The largest absolute Gasteiger partial charge is 0.390 e. The molecule has 0 spiro atoms. The Kier molecular flexibility index (Phi) is 7.78. The van der Waals surface area contributed by atoms with Crippen molar-refractivity contribution < 1.29 is 14.7 Å². The van der Waals surface area contributed by atoms with Gasteiger partial charge in [-0.15, -0.1) is 11.8 Å². The van der Waals surface area contributed by atoms with Gasteiger partial charge in [-0.3, -0.25) is 9.59 Å². The van der Waals surface area contributed by atoms with Crippen molar-refractivity contribution in [2.75, 3.05) is 5.75 Å². The molecule has 0 saturated heterocycles. The number of ketones is 1. The fourth-order valence-electron chi connectivity index (χ4n) is 4.61. The summed E-state index contributed by atoms with van der Waals surface area (Å²) in [4.78, 5) is 24.7. The number of rotatable bonds is 11. The van der Waals surface area contributed by atoms with E-state index in [-0.39, 0.29) is 24.0 Å². The van der Waals surface area contributed by atoms with Gasteiger partial charge in [-0.25, -0.2) is 0 Å². The van der Waals surface area contributed by atoms with Gasteiger partial charge in [0.05, 0.1) is 16.4 Å². The number of nitrogens with one attached hydrogen (secondary N) is 1. The Bertz CT molecular complexity index is 1030. The van der Waals surface area contributed by atoms with Gasteiger partial charge >= 0.3 is 0 Å². The highest BCUT2D eigenvalue weighted by Gasteiger charge is 2.50. The van der Waals surface area contributed by atoms with Gasteiger partial charge in [0.25, 0.3) is 0 Å². The number of aliphatic hydroxyl groups excluding tert-OH is 1. The van der Waals surface area contributed by atoms with Gasteiger partial charge in [-0.2, -0.15) is 0 Å². The molecule has 1 aliphatic carbocycles. The number of hydrogen-bond acceptors (Lipinski definition) is 4. The van der Waals surface area contributed by atoms with Gasteiger partial charge in [-0.05, 0) is 36.5 Å². The first-order chi connectivity index (χ1) is 16.9. The first-order valence-corrected chi connectivity index (χ1v) is 13.2. The molecule has 4 rings (SSSR count). The third kappa shape index (κ3) is 5.52. The molecule has 5 heteroatoms. The van der Waals surface area contributed by atoms with Gasteiger partial charge in [-0.1, -0.05) is 97.9 Å². The van der Waals surface area contributed by atoms with Crippen molar-refractivity contribution in [3.8, 4) is 0 Å². The van der Waals surface area contributed by atoms with Crippen molar-refractivity contribution in [3.05, 3.63) is 108 Å². The van der Waals surface area contributed by atoms with Gasteiger partial charge in [0.1, 0.15) is 5.78 Å². The first kappa shape index (κ1) is 25.2. The molecule has 1 amide bonds. The number of carbonyl (C=O) groups excluding carboxylic acids is 2. The number of aliphatic hydroxyl groups is 1. The second-order valence-electron chi connectivity index (χ2n) is 9.56. The molecule has 2 atom stereocenters. The quantitative estimate of drug-likeness (QED) is 0.359. The molecule has 1 saturated carbocycles. The topological polar surface area (TPSA) is 66.4 Å². The maximum absolute atomic E-state index is 13.2. The maximum Gasteiger partial charge on any atom is 0.224 e. The zero-order valence-electron chi connectivity index (χ0n) is 20.3. The fourth-order valence-corrected chi connectivity index (χ4v) is 6.17. The molecule has 35 heavy (non-hydrogen) atoms. The number of amides is 1. The normalized spacial score (nSPS) is 16.2. The summed E-state index contributed by atoms with van der Waals surface area (Å²) < 4.78 is -0.482. The van der Waals surface area contributed by atoms with E-state index in [1.165, 1.54) is 6.92 Å². The summed E-state index contributed by atoms with van der Waals surface area (Å²) in [5, 5.41) is 13.6. The Hall–Kier alpha value is -2.89. The molecule has 0 radical (unpaired) electrons. The summed E-state index contributed by atoms with van der Waals surface area (Å²) in [6, 6.07) is 31.3. The molecule has 0 aromatic heterocycles. The van der Waals surface area contributed by atoms with Crippen LogP contribution < -0.4 is 5.32 Å². The number of thioether (sulfide) groups is 1. The van der Waals surface area contributed by atoms with E-state index < -0.39 is 16.4 Å². The van der Waals surface area contributed by atoms with Crippen molar-refractivity contribution in [2.45, 2.75) is 49.5 Å². The van der Waals surface area contributed by atoms with E-state index in [0.29, 0.717) is 18.6 Å². The molecule has 3 aromatic rings. The van der Waals surface area contributed by atoms with Crippen molar-refractivity contribution in [2.24, 2.45) is 5.92 Å². The van der Waals surface area contributed by atoms with Gasteiger partial charge in [0, 0.05) is 18.1 Å². The standard InChI is InChI=1S/C30H33NO3S/c1-22(28(34)31-29(18-19-29)27(33)20-23(2)32)21-35-30(24-12-6-3-7-13-24,25-14-8-4-9-15-25)26-16-10-5-11-17-26/h3-17,22,27,33H,18-21H2,1-2H3,(H,31,34)/t22-,27?/m1/s1. The van der Waals surface area contributed by atoms with Gasteiger partial charge in [0.15, 0.2) is 0 Å². The van der Waals surface area contributed by atoms with Crippen molar-refractivity contribution in [1.82, 2.24) is 5.32 Å². The lowest BCUT2D eigenvalue weighted by Gasteiger charge is -2.36. The summed E-state index contributed by atoms with van der Waals surface area (Å²) in [6.07, 6.45) is 0.646. The molecule has 1 unspecified atom stereocenters. The summed E-state index contributed by atoms with van der Waals surface area (Å²) in [5.74, 6) is 0.154. The third-order valence-electron chi connectivity index (χ3n) is 6.82. The SMILES string of the molecule is CC(=O)CC(O)C1(NC(=O)[C@H](C)CSC(c2ccccc2)(c2ccccc2)c2ccccc2)CC1. The Morgan fingerprint density at radius 2 is 1.31 bits per heavy atom. The van der Waals surface area contributed by atoms with E-state index in [1.54, 1.807) is 11.8 Å². The van der Waals surface area contributed by atoms with Crippen LogP contribution in [0.15, 0.2) is 91.0 Å². The molecule has 0 heterocycles. The van der Waals surface area contributed by atoms with Gasteiger partial charge in [0.2, 0.25) is 5.91 Å². The van der Waals surface area contributed by atoms with Crippen LogP contribution in [0.5, 0.6) is 0 Å². The molecule has 3 aromatic carbocycles. The van der Waals surface area contributed by atoms with Crippen LogP contribution in [0.2, 0.25) is 0 Å². The molecule has 2 N–H and O–H groups in total. The highest BCUT2D eigenvalue weighted by molar-refractivity contribution is 8.00. The molecule has 0 bridgehead atoms. The van der Waals surface area contributed by atoms with Crippen molar-refractivity contribution >= 4 is 23.5 Å². The third-order valence-corrected chi connectivity index (χ3v) is 8.62. The molecule has 182 valence electrons. The van der Waals surface area contributed by atoms with E-state index >= 15 is 0 Å². The fraction of sp³-hybridized carbons (Fsp3) is 0.333. The second-order valence-corrected chi connectivity index (χ2v) is 10.8. The molecule has 4 nitrogen and oxygen atoms in total. The lowest BCUT2D eigenvalue weighted by Crippen LogP contribution is -2.48. The van der Waals surface area contributed by atoms with Gasteiger partial charge < -0.3 is 10.4 Å². The van der Waals surface area contributed by atoms with E-state index in [0.717, 1.165) is 16.7 Å². The van der Waals surface area contributed by atoms with Crippen LogP contribution in [0.4, 0.5) is 0 Å². The highest BCUT2D eigenvalue weighted by Crippen LogP contribution is 2.49. The first-order valence-electron chi connectivity index (χ1n) is 12.2. The zero-order chi connectivity index (χ0) is 24.9. The van der Waals surface area contributed by atoms with Crippen molar-refractivity contribution in [3.63, 3.8) is 0 Å². The minimum atomic E-state index is -0.833. The Morgan fingerprint density at radius 3 is 1.69 bits per heavy atom. The van der Waals surface area contributed by atoms with E-state index in [9.17, 15) is 14.7 Å². The summed E-state index contributed by atoms with van der Waals surface area (Å²) in [6.45, 7) is 3.40. The average molecular weight is 488 g/mol. The van der Waals surface area contributed by atoms with Crippen LogP contribution in [-0.4, -0.2) is 34.2 Å². The lowest BCUT2D eigenvalue weighted by molar-refractivity contribution is -0.127. The minimum Gasteiger partial charge on any atom is -0.390 e. The van der Waals surface area contributed by atoms with Crippen molar-refractivity contribution in [1.29, 1.82) is 0 Å². The van der Waals surface area contributed by atoms with Crippen LogP contribution in [0.25, 0.3) is 0 Å². The number of Topliss-reactive ketones (excluding diaryl/α,β-unsaturated/α-hetero) is 1. The molecular weight excluding hydrogens is 454 g/mol. The van der Waals surface area contributed by atoms with Crippen LogP contribution in [-0.2, 0) is 14.3 Å². The minimum absolute atomic E-state index is 0.0694. The predicted octanol–water partition coefficient (Wildman–Crippen LogP) is 5.34. The average Bonchev–Trinajstić information content (AvgIpc) is 3.66. The predicted molar refractivity (Wildman–Crippen MR) is 142 cm³/mol. The number of carbonyl (C=O) groups is 2. The van der Waals surface area contributed by atoms with Crippen LogP contribution >= 0.6 is 11.8 Å². The molecule has 0 aliphatic heterocycles. The highest BCUT2D eigenvalue weighted by atomic mass is 32.2. The Morgan fingerprint density at radius 1 is 0.886 bits per heavy atom. The smallest absolute Gasteiger partial charge is 0.224 e. The van der Waals surface area contributed by atoms with Crippen LogP contribution in [0.3, 0.4) is 0 Å². The summed E-state index contributed by atoms with van der Waals surface area (Å²) >= 11 is 1.75. The lowest BCUT2D eigenvalue weighted by atomic mass is 9.84. The summed E-state index contributed by atoms with van der Waals surface area (Å²) in [5.41, 5.74) is 2.82. The molecule has 1 fully saturated rings. The number of benzene rings is 3. The zero-order valence-corrected chi connectivity index (χ0v) is 21.1. The van der Waals surface area contributed by atoms with Crippen LogP contribution in [0.1, 0.15) is 49.8 Å². The Balaban J connectivity index is 1.61. The maximum atomic E-state index is 13.2. The number of hydrogen-bond donors (Lipinski definition) is 2. The monoisotopic (exact) mass is 487 g/mol. The van der Waals surface area contributed by atoms with Crippen LogP contribution in [0, 0.1) is 5.92 Å². The summed E-state index contributed by atoms with van der Waals surface area (Å²) in [7, 11) is 0. The molecule has 1 aliphatic rings.